The van der Waals surface area contributed by atoms with Gasteiger partial charge >= 0.3 is 0 Å². The fourth-order valence-corrected chi connectivity index (χ4v) is 6.36. The lowest BCUT2D eigenvalue weighted by Crippen LogP contribution is -2.53. The molecule has 21 heavy (non-hydrogen) atoms. The summed E-state index contributed by atoms with van der Waals surface area (Å²) < 4.78 is 6.26. The summed E-state index contributed by atoms with van der Waals surface area (Å²) in [6, 6.07) is 0. The van der Waals surface area contributed by atoms with Crippen molar-refractivity contribution in [2.24, 2.45) is 34.5 Å². The largest absolute Gasteiger partial charge is 0.369 e. The molecular weight excluding hydrogens is 256 g/mol. The van der Waals surface area contributed by atoms with Crippen molar-refractivity contribution in [2.45, 2.75) is 92.3 Å². The Morgan fingerprint density at radius 1 is 1.14 bits per heavy atom. The van der Waals surface area contributed by atoms with Gasteiger partial charge in [0.25, 0.3) is 0 Å². The lowest BCUT2D eigenvalue weighted by Gasteiger charge is -2.59. The predicted molar refractivity (Wildman–Crippen MR) is 89.2 cm³/mol. The van der Waals surface area contributed by atoms with Crippen molar-refractivity contribution in [1.82, 2.24) is 0 Å². The molecule has 7 atom stereocenters. The van der Waals surface area contributed by atoms with E-state index in [4.69, 9.17) is 4.74 Å². The van der Waals surface area contributed by atoms with Crippen LogP contribution in [0.1, 0.15) is 80.1 Å². The van der Waals surface area contributed by atoms with Crippen LogP contribution in [0.25, 0.3) is 0 Å². The third-order valence-electron chi connectivity index (χ3n) is 7.68. The second kappa shape index (κ2) is 5.25. The van der Waals surface area contributed by atoms with Crippen molar-refractivity contribution >= 4 is 0 Å². The summed E-state index contributed by atoms with van der Waals surface area (Å²) in [5.74, 6) is 3.29. The summed E-state index contributed by atoms with van der Waals surface area (Å²) in [7, 11) is 0. The molecule has 2 saturated carbocycles. The van der Waals surface area contributed by atoms with Crippen molar-refractivity contribution in [2.75, 3.05) is 0 Å². The van der Waals surface area contributed by atoms with E-state index in [0.717, 1.165) is 23.7 Å². The van der Waals surface area contributed by atoms with E-state index in [1.54, 1.807) is 0 Å². The van der Waals surface area contributed by atoms with Gasteiger partial charge in [-0.25, -0.2) is 0 Å². The molecule has 3 fully saturated rings. The van der Waals surface area contributed by atoms with Gasteiger partial charge in [-0.05, 0) is 53.8 Å². The van der Waals surface area contributed by atoms with Gasteiger partial charge in [0.15, 0.2) is 0 Å². The molecule has 0 aromatic rings. The molecule has 1 heterocycles. The highest BCUT2D eigenvalue weighted by Gasteiger charge is 2.61. The number of hydrogen-bond acceptors (Lipinski definition) is 1. The van der Waals surface area contributed by atoms with Gasteiger partial charge in [-0.2, -0.15) is 0 Å². The molecule has 1 nitrogen and oxygen atoms in total. The van der Waals surface area contributed by atoms with Crippen molar-refractivity contribution in [3.63, 3.8) is 0 Å². The van der Waals surface area contributed by atoms with E-state index in [2.05, 4.69) is 41.5 Å². The van der Waals surface area contributed by atoms with E-state index in [1.165, 1.54) is 38.5 Å². The molecule has 0 bridgehead atoms. The van der Waals surface area contributed by atoms with Crippen LogP contribution in [-0.4, -0.2) is 12.2 Å². The minimum atomic E-state index is 0.520. The van der Waals surface area contributed by atoms with Crippen LogP contribution in [-0.2, 0) is 4.74 Å². The fourth-order valence-electron chi connectivity index (χ4n) is 6.36. The zero-order valence-corrected chi connectivity index (χ0v) is 15.1. The van der Waals surface area contributed by atoms with Gasteiger partial charge in [-0.3, -0.25) is 0 Å². The Balaban J connectivity index is 1.85. The molecule has 1 saturated heterocycles. The molecule has 1 aliphatic heterocycles. The highest BCUT2D eigenvalue weighted by Crippen LogP contribution is 2.64. The predicted octanol–water partition coefficient (Wildman–Crippen LogP) is 5.68. The Bertz CT molecular complexity index is 387. The van der Waals surface area contributed by atoms with E-state index in [9.17, 15) is 0 Å². The lowest BCUT2D eigenvalue weighted by atomic mass is 9.46. The first-order valence-corrected chi connectivity index (χ1v) is 9.46. The quantitative estimate of drug-likeness (QED) is 0.610. The molecule has 0 amide bonds. The van der Waals surface area contributed by atoms with Crippen LogP contribution in [0.5, 0.6) is 0 Å². The van der Waals surface area contributed by atoms with E-state index in [0.29, 0.717) is 23.0 Å². The van der Waals surface area contributed by atoms with E-state index in [-0.39, 0.29) is 0 Å². The monoisotopic (exact) mass is 292 g/mol. The molecule has 2 aliphatic carbocycles. The first-order chi connectivity index (χ1) is 9.81. The zero-order chi connectivity index (χ0) is 15.4. The van der Waals surface area contributed by atoms with E-state index >= 15 is 0 Å². The van der Waals surface area contributed by atoms with Gasteiger partial charge in [-0.1, -0.05) is 60.8 Å². The molecule has 3 rings (SSSR count). The number of rotatable bonds is 3. The lowest BCUT2D eigenvalue weighted by molar-refractivity contribution is -0.101. The number of fused-ring (bicyclic) bond motifs is 1. The van der Waals surface area contributed by atoms with Crippen molar-refractivity contribution in [1.29, 1.82) is 0 Å². The normalized spacial score (nSPS) is 50.3. The maximum absolute atomic E-state index is 6.26. The van der Waals surface area contributed by atoms with Gasteiger partial charge in [0, 0.05) is 0 Å². The molecule has 0 spiro atoms. The summed E-state index contributed by atoms with van der Waals surface area (Å²) >= 11 is 0. The van der Waals surface area contributed by atoms with Crippen molar-refractivity contribution < 1.29 is 4.74 Å². The van der Waals surface area contributed by atoms with Crippen LogP contribution < -0.4 is 0 Å². The van der Waals surface area contributed by atoms with Crippen LogP contribution in [0.15, 0.2) is 0 Å². The summed E-state index contributed by atoms with van der Waals surface area (Å²) in [5, 5.41) is 0. The maximum atomic E-state index is 6.26. The molecular formula is C20H36O. The highest BCUT2D eigenvalue weighted by atomic mass is 16.6. The Morgan fingerprint density at radius 2 is 1.86 bits per heavy atom. The molecule has 2 unspecified atom stereocenters. The second-order valence-corrected chi connectivity index (χ2v) is 9.43. The third-order valence-corrected chi connectivity index (χ3v) is 7.68. The molecule has 1 heteroatoms. The van der Waals surface area contributed by atoms with Crippen LogP contribution in [0.3, 0.4) is 0 Å². The minimum absolute atomic E-state index is 0.520. The third kappa shape index (κ3) is 2.48. The smallest absolute Gasteiger partial charge is 0.0880 e. The molecule has 0 radical (unpaired) electrons. The van der Waals surface area contributed by atoms with Gasteiger partial charge in [0.1, 0.15) is 0 Å². The average Bonchev–Trinajstić information content (AvgIpc) is 3.16. The summed E-state index contributed by atoms with van der Waals surface area (Å²) in [4.78, 5) is 0. The van der Waals surface area contributed by atoms with E-state index in [1.807, 2.05) is 0 Å². The molecule has 0 aromatic carbocycles. The Hall–Kier alpha value is -0.0400. The first kappa shape index (κ1) is 15.8. The maximum Gasteiger partial charge on any atom is 0.0880 e. The number of epoxide rings is 1. The fraction of sp³-hybridized carbons (Fsp3) is 1.00. The Kier molecular flexibility index (Phi) is 3.96. The van der Waals surface area contributed by atoms with Crippen LogP contribution >= 0.6 is 0 Å². The Morgan fingerprint density at radius 3 is 2.52 bits per heavy atom. The highest BCUT2D eigenvalue weighted by molar-refractivity contribution is 5.09. The van der Waals surface area contributed by atoms with Crippen molar-refractivity contribution in [3.8, 4) is 0 Å². The standard InChI is InChI=1S/C20H36O/c1-7-13(2)17-18(21-17)16-14(3)9-10-15-19(4,5)11-8-12-20(15,16)6/h13-18H,7-12H2,1-6H3/t13-,14+,15+,16-,17?,18?,20+/m1/s1. The second-order valence-electron chi connectivity index (χ2n) is 9.43. The molecule has 3 aliphatic rings. The molecule has 0 N–H and O–H groups in total. The summed E-state index contributed by atoms with van der Waals surface area (Å²) in [6.45, 7) is 14.9. The van der Waals surface area contributed by atoms with Crippen LogP contribution in [0, 0.1) is 34.5 Å². The number of hydrogen-bond donors (Lipinski definition) is 0. The van der Waals surface area contributed by atoms with Gasteiger partial charge < -0.3 is 4.74 Å². The SMILES string of the molecule is CC[C@@H](C)C1OC1[C@H]1[C@@H](C)CC[C@H]2C(C)(C)CCC[C@]12C. The number of ether oxygens (including phenoxy) is 1. The minimum Gasteiger partial charge on any atom is -0.369 e. The molecule has 0 aromatic heterocycles. The first-order valence-electron chi connectivity index (χ1n) is 9.46. The summed E-state index contributed by atoms with van der Waals surface area (Å²) in [5.41, 5.74) is 1.05. The van der Waals surface area contributed by atoms with Gasteiger partial charge in [0.05, 0.1) is 12.2 Å². The molecule has 122 valence electrons. The zero-order valence-electron chi connectivity index (χ0n) is 15.1. The summed E-state index contributed by atoms with van der Waals surface area (Å²) in [6.07, 6.45) is 9.53. The topological polar surface area (TPSA) is 12.5 Å². The van der Waals surface area contributed by atoms with Crippen LogP contribution in [0.4, 0.5) is 0 Å². The van der Waals surface area contributed by atoms with Gasteiger partial charge in [0.2, 0.25) is 0 Å². The Labute approximate surface area is 132 Å². The van der Waals surface area contributed by atoms with Crippen molar-refractivity contribution in [3.05, 3.63) is 0 Å². The average molecular weight is 293 g/mol. The van der Waals surface area contributed by atoms with Crippen LogP contribution in [0.2, 0.25) is 0 Å². The van der Waals surface area contributed by atoms with Gasteiger partial charge in [-0.15, -0.1) is 0 Å². The van der Waals surface area contributed by atoms with E-state index < -0.39 is 0 Å².